The molecule has 11 heteroatoms. The van der Waals surface area contributed by atoms with Crippen molar-refractivity contribution in [2.75, 3.05) is 6.61 Å². The molecule has 3 saturated carbocycles. The van der Waals surface area contributed by atoms with Crippen molar-refractivity contribution in [1.29, 1.82) is 5.26 Å². The van der Waals surface area contributed by atoms with Gasteiger partial charge in [-0.15, -0.1) is 0 Å². The first-order valence-electron chi connectivity index (χ1n) is 15.6. The van der Waals surface area contributed by atoms with E-state index in [0.29, 0.717) is 24.8 Å². The van der Waals surface area contributed by atoms with Crippen LogP contribution in [0.25, 0.3) is 0 Å². The number of fused-ring (bicyclic) bond motifs is 5. The molecule has 8 atom stereocenters. The van der Waals surface area contributed by atoms with Gasteiger partial charge in [-0.05, 0) is 93.1 Å². The molecule has 6 rings (SSSR count). The highest BCUT2D eigenvalue weighted by Gasteiger charge is 2.78. The number of esters is 2. The summed E-state index contributed by atoms with van der Waals surface area (Å²) in [6.45, 7) is 4.65. The summed E-state index contributed by atoms with van der Waals surface area (Å²) in [5.41, 5.74) is -5.72. The Kier molecular flexibility index (Phi) is 8.35. The van der Waals surface area contributed by atoms with Crippen molar-refractivity contribution in [3.63, 3.8) is 0 Å². The number of allylic oxidation sites excluding steroid dienone is 4. The van der Waals surface area contributed by atoms with E-state index in [-0.39, 0.29) is 28.5 Å². The van der Waals surface area contributed by atoms with Gasteiger partial charge >= 0.3 is 11.9 Å². The van der Waals surface area contributed by atoms with Crippen molar-refractivity contribution in [1.82, 2.24) is 0 Å². The van der Waals surface area contributed by atoms with Gasteiger partial charge in [-0.1, -0.05) is 48.9 Å². The summed E-state index contributed by atoms with van der Waals surface area (Å²) in [6, 6.07) is 13.2. The Morgan fingerprint density at radius 1 is 1.15 bits per heavy atom. The standard InChI is InChI=1S/C36H35ClFNO7S/c1-20-16-27-26-10-6-22-17-23(40)12-13-33(22,2)35(26,38)30(42)19-34(27,3)36(20,32(44)45-15-14-39)46-31(43)21-4-7-24(8-5-21)47-25-9-11-28(37)29(41)18-25/h4-5,7-9,11-13,17-18,20,26-27,30,41-42H,6,10,15-16,19H2,1-3H3. The number of ether oxygens (including phenoxy) is 2. The summed E-state index contributed by atoms with van der Waals surface area (Å²) in [5.74, 6) is -3.81. The highest BCUT2D eigenvalue weighted by atomic mass is 35.5. The molecular formula is C36H35ClFNO7S. The second-order valence-corrected chi connectivity index (χ2v) is 15.1. The van der Waals surface area contributed by atoms with Crippen LogP contribution in [0.15, 0.2) is 76.1 Å². The monoisotopic (exact) mass is 679 g/mol. The normalized spacial score (nSPS) is 35.5. The van der Waals surface area contributed by atoms with Crippen LogP contribution in [0.2, 0.25) is 5.02 Å². The van der Waals surface area contributed by atoms with Crippen molar-refractivity contribution in [3.8, 4) is 11.8 Å². The number of aliphatic hydroxyl groups is 1. The number of phenolic OH excluding ortho intramolecular Hbond substituents is 1. The average molecular weight is 680 g/mol. The molecule has 0 bridgehead atoms. The topological polar surface area (TPSA) is 134 Å². The summed E-state index contributed by atoms with van der Waals surface area (Å²) in [5, 5.41) is 31.2. The number of aliphatic hydroxyl groups excluding tert-OH is 1. The first-order chi connectivity index (χ1) is 22.2. The quantitative estimate of drug-likeness (QED) is 0.317. The number of nitrogens with zero attached hydrogens (tertiary/aromatic N) is 1. The fourth-order valence-electron chi connectivity index (χ4n) is 8.99. The van der Waals surface area contributed by atoms with Crippen molar-refractivity contribution in [2.24, 2.45) is 28.6 Å². The van der Waals surface area contributed by atoms with E-state index < -0.39 is 64.5 Å². The average Bonchev–Trinajstić information content (AvgIpc) is 3.25. The molecule has 3 fully saturated rings. The molecule has 0 aliphatic heterocycles. The predicted octanol–water partition coefficient (Wildman–Crippen LogP) is 6.78. The molecule has 0 aromatic heterocycles. The summed E-state index contributed by atoms with van der Waals surface area (Å²) < 4.78 is 29.3. The lowest BCUT2D eigenvalue weighted by Gasteiger charge is -2.62. The van der Waals surface area contributed by atoms with Crippen LogP contribution in [0.4, 0.5) is 4.39 Å². The summed E-state index contributed by atoms with van der Waals surface area (Å²) >= 11 is 7.26. The molecule has 4 aliphatic rings. The predicted molar refractivity (Wildman–Crippen MR) is 171 cm³/mol. The van der Waals surface area contributed by atoms with Crippen LogP contribution in [-0.2, 0) is 19.1 Å². The SMILES string of the molecule is CC1CC2C3CCC4=CC(=O)C=CC4(C)C3(F)C(O)CC2(C)C1(OC(=O)c1ccc(Sc2ccc(Cl)c(O)c2)cc1)C(=O)OCC#N. The Bertz CT molecular complexity index is 1760. The van der Waals surface area contributed by atoms with Crippen LogP contribution in [0.1, 0.15) is 56.8 Å². The molecule has 0 radical (unpaired) electrons. The van der Waals surface area contributed by atoms with Crippen molar-refractivity contribution in [3.05, 3.63) is 76.9 Å². The zero-order valence-electron chi connectivity index (χ0n) is 26.2. The van der Waals surface area contributed by atoms with Gasteiger partial charge in [0.15, 0.2) is 18.1 Å². The van der Waals surface area contributed by atoms with E-state index in [1.165, 1.54) is 30.0 Å². The Balaban J connectivity index is 1.34. The molecule has 8 unspecified atom stereocenters. The van der Waals surface area contributed by atoms with E-state index in [1.807, 2.05) is 0 Å². The van der Waals surface area contributed by atoms with Gasteiger partial charge in [0.1, 0.15) is 11.8 Å². The second kappa shape index (κ2) is 11.8. The lowest BCUT2D eigenvalue weighted by molar-refractivity contribution is -0.227. The number of ketones is 1. The maximum Gasteiger partial charge on any atom is 0.352 e. The maximum atomic E-state index is 17.7. The molecule has 0 saturated heterocycles. The molecule has 2 aromatic carbocycles. The Hall–Kier alpha value is -3.65. The third-order valence-electron chi connectivity index (χ3n) is 11.2. The minimum Gasteiger partial charge on any atom is -0.506 e. The largest absolute Gasteiger partial charge is 0.506 e. The number of hydrogen-bond acceptors (Lipinski definition) is 9. The number of rotatable bonds is 6. The van der Waals surface area contributed by atoms with Gasteiger partial charge in [0.25, 0.3) is 0 Å². The first-order valence-corrected chi connectivity index (χ1v) is 16.8. The molecule has 2 aromatic rings. The summed E-state index contributed by atoms with van der Waals surface area (Å²) in [6.07, 6.45) is 3.70. The van der Waals surface area contributed by atoms with E-state index in [1.54, 1.807) is 69.3 Å². The number of alkyl halides is 1. The van der Waals surface area contributed by atoms with Crippen LogP contribution in [0.5, 0.6) is 5.75 Å². The number of hydrogen-bond donors (Lipinski definition) is 2. The molecule has 47 heavy (non-hydrogen) atoms. The molecule has 8 nitrogen and oxygen atoms in total. The zero-order valence-corrected chi connectivity index (χ0v) is 27.7. The van der Waals surface area contributed by atoms with Gasteiger partial charge in [0, 0.05) is 32.5 Å². The van der Waals surface area contributed by atoms with Gasteiger partial charge in [0.05, 0.1) is 16.7 Å². The molecular weight excluding hydrogens is 645 g/mol. The lowest BCUT2D eigenvalue weighted by atomic mass is 9.44. The first kappa shape index (κ1) is 33.3. The summed E-state index contributed by atoms with van der Waals surface area (Å²) in [4.78, 5) is 41.6. The van der Waals surface area contributed by atoms with E-state index in [0.717, 1.165) is 9.79 Å². The minimum absolute atomic E-state index is 0.0506. The highest BCUT2D eigenvalue weighted by Crippen LogP contribution is 2.71. The van der Waals surface area contributed by atoms with Gasteiger partial charge in [-0.2, -0.15) is 5.26 Å². The van der Waals surface area contributed by atoms with Gasteiger partial charge in [-0.25, -0.2) is 14.0 Å². The van der Waals surface area contributed by atoms with Crippen molar-refractivity contribution < 1.29 is 38.5 Å². The molecule has 0 heterocycles. The van der Waals surface area contributed by atoms with Crippen LogP contribution in [0, 0.1) is 39.9 Å². The van der Waals surface area contributed by atoms with E-state index in [9.17, 15) is 29.9 Å². The van der Waals surface area contributed by atoms with Crippen molar-refractivity contribution in [2.45, 2.75) is 73.6 Å². The van der Waals surface area contributed by atoms with Crippen LogP contribution in [0.3, 0.4) is 0 Å². The Labute approximate surface area is 281 Å². The fraction of sp³-hybridized carbons (Fsp3) is 0.444. The van der Waals surface area contributed by atoms with Gasteiger partial charge in [-0.3, -0.25) is 4.79 Å². The number of carbonyl (C=O) groups is 3. The molecule has 0 amide bonds. The summed E-state index contributed by atoms with van der Waals surface area (Å²) in [7, 11) is 0. The van der Waals surface area contributed by atoms with E-state index in [4.69, 9.17) is 21.1 Å². The number of benzene rings is 2. The third kappa shape index (κ3) is 4.92. The number of aromatic hydroxyl groups is 1. The van der Waals surface area contributed by atoms with Crippen LogP contribution >= 0.6 is 23.4 Å². The van der Waals surface area contributed by atoms with Crippen LogP contribution in [-0.4, -0.2) is 51.9 Å². The van der Waals surface area contributed by atoms with Crippen LogP contribution < -0.4 is 0 Å². The third-order valence-corrected chi connectivity index (χ3v) is 12.6. The second-order valence-electron chi connectivity index (χ2n) is 13.5. The van der Waals surface area contributed by atoms with E-state index >= 15 is 4.39 Å². The molecule has 4 aliphatic carbocycles. The van der Waals surface area contributed by atoms with E-state index in [2.05, 4.69) is 0 Å². The maximum absolute atomic E-state index is 17.7. The number of carbonyl (C=O) groups excluding carboxylic acids is 3. The Morgan fingerprint density at radius 2 is 1.85 bits per heavy atom. The molecule has 0 spiro atoms. The molecule has 2 N–H and O–H groups in total. The smallest absolute Gasteiger partial charge is 0.352 e. The fourth-order valence-corrected chi connectivity index (χ4v) is 9.95. The zero-order chi connectivity index (χ0) is 33.9. The number of phenols is 1. The highest BCUT2D eigenvalue weighted by molar-refractivity contribution is 7.99. The van der Waals surface area contributed by atoms with Gasteiger partial charge in [0.2, 0.25) is 5.60 Å². The van der Waals surface area contributed by atoms with Gasteiger partial charge < -0.3 is 19.7 Å². The Morgan fingerprint density at radius 3 is 2.53 bits per heavy atom. The lowest BCUT2D eigenvalue weighted by Crippen LogP contribution is -2.70. The minimum atomic E-state index is -2.14. The molecule has 246 valence electrons. The van der Waals surface area contributed by atoms with Crippen molar-refractivity contribution >= 4 is 41.1 Å². The number of nitriles is 1. The number of halogens is 2.